The normalized spacial score (nSPS) is 37.1. The Bertz CT molecular complexity index is 932. The minimum atomic E-state index is -0.937. The lowest BCUT2D eigenvalue weighted by Crippen LogP contribution is -2.57. The van der Waals surface area contributed by atoms with Crippen LogP contribution in [0.25, 0.3) is 0 Å². The quantitative estimate of drug-likeness (QED) is 0.213. The third-order valence-electron chi connectivity index (χ3n) is 9.57. The molecule has 0 spiro atoms. The van der Waals surface area contributed by atoms with Crippen molar-refractivity contribution in [2.45, 2.75) is 77.7 Å². The summed E-state index contributed by atoms with van der Waals surface area (Å²) in [5, 5.41) is 20.6. The Morgan fingerprint density at radius 3 is 2.64 bits per heavy atom. The van der Waals surface area contributed by atoms with Crippen molar-refractivity contribution in [2.24, 2.45) is 34.5 Å². The van der Waals surface area contributed by atoms with Crippen molar-refractivity contribution in [3.05, 3.63) is 21.8 Å². The summed E-state index contributed by atoms with van der Waals surface area (Å²) in [6.45, 7) is 3.89. The number of ether oxygens (including phenoxy) is 2. The number of aliphatic hydroxyl groups is 1. The summed E-state index contributed by atoms with van der Waals surface area (Å²) in [6, 6.07) is 0. The predicted octanol–water partition coefficient (Wildman–Crippen LogP) is 3.82. The Morgan fingerprint density at radius 2 is 1.89 bits per heavy atom. The van der Waals surface area contributed by atoms with Gasteiger partial charge in [0, 0.05) is 12.3 Å². The van der Waals surface area contributed by atoms with Gasteiger partial charge in [-0.25, -0.2) is 4.79 Å². The second-order valence-corrected chi connectivity index (χ2v) is 11.4. The van der Waals surface area contributed by atoms with Crippen LogP contribution in [0.15, 0.2) is 11.6 Å². The fourth-order valence-corrected chi connectivity index (χ4v) is 7.99. The highest BCUT2D eigenvalue weighted by molar-refractivity contribution is 5.91. The van der Waals surface area contributed by atoms with Crippen molar-refractivity contribution < 1.29 is 38.9 Å². The number of carbonyl (C=O) groups excluding carboxylic acids is 3. The Morgan fingerprint density at radius 1 is 1.14 bits per heavy atom. The monoisotopic (exact) mass is 507 g/mol. The van der Waals surface area contributed by atoms with Gasteiger partial charge in [-0.1, -0.05) is 19.4 Å². The Labute approximate surface area is 210 Å². The van der Waals surface area contributed by atoms with Gasteiger partial charge in [0.1, 0.15) is 0 Å². The highest BCUT2D eigenvalue weighted by atomic mass is 16.9. The summed E-state index contributed by atoms with van der Waals surface area (Å²) in [6.07, 6.45) is 6.32. The molecule has 4 aliphatic carbocycles. The number of rotatable bonds is 9. The molecule has 200 valence electrons. The van der Waals surface area contributed by atoms with Crippen LogP contribution in [0.1, 0.15) is 71.6 Å². The molecule has 0 amide bonds. The number of carbonyl (C=O) groups is 3. The summed E-state index contributed by atoms with van der Waals surface area (Å²) in [4.78, 5) is 51.4. The highest BCUT2D eigenvalue weighted by Gasteiger charge is 2.62. The standard InChI is InChI=1S/C26H37NO9/c1-25-10-9-17(28)13-16(25)5-6-18-19-7-8-20(26(19,2)14-21(29)23(18)25)22(30)15-35-24(31)34-11-3-4-12-36-27(32)33/h13,18-21,23,29H,3-12,14-15H2,1-2H3. The molecule has 0 aromatic rings. The molecular formula is C26H37NO9. The Hall–Kier alpha value is -2.49. The van der Waals surface area contributed by atoms with Crippen molar-refractivity contribution in [1.82, 2.24) is 0 Å². The Balaban J connectivity index is 1.32. The molecule has 0 aliphatic heterocycles. The summed E-state index contributed by atoms with van der Waals surface area (Å²) >= 11 is 0. The molecule has 0 aromatic heterocycles. The fraction of sp³-hybridized carbons (Fsp3) is 0.808. The van der Waals surface area contributed by atoms with E-state index < -0.39 is 17.3 Å². The lowest BCUT2D eigenvalue weighted by atomic mass is 9.46. The van der Waals surface area contributed by atoms with Crippen LogP contribution in [0.4, 0.5) is 4.79 Å². The van der Waals surface area contributed by atoms with Crippen LogP contribution in [0.3, 0.4) is 0 Å². The van der Waals surface area contributed by atoms with E-state index in [0.29, 0.717) is 43.9 Å². The fourth-order valence-electron chi connectivity index (χ4n) is 7.99. The van der Waals surface area contributed by atoms with Gasteiger partial charge < -0.3 is 19.4 Å². The van der Waals surface area contributed by atoms with Crippen LogP contribution in [0.2, 0.25) is 0 Å². The summed E-state index contributed by atoms with van der Waals surface area (Å²) < 4.78 is 10.0. The van der Waals surface area contributed by atoms with E-state index in [-0.39, 0.29) is 54.1 Å². The van der Waals surface area contributed by atoms with E-state index in [4.69, 9.17) is 9.47 Å². The zero-order valence-corrected chi connectivity index (χ0v) is 21.1. The van der Waals surface area contributed by atoms with Crippen LogP contribution in [0.5, 0.6) is 0 Å². The minimum absolute atomic E-state index is 0.0212. The average Bonchev–Trinajstić information content (AvgIpc) is 3.16. The van der Waals surface area contributed by atoms with Crippen LogP contribution in [-0.2, 0) is 23.9 Å². The van der Waals surface area contributed by atoms with Crippen molar-refractivity contribution in [1.29, 1.82) is 0 Å². The molecular weight excluding hydrogens is 470 g/mol. The number of nitrogens with zero attached hydrogens (tertiary/aromatic N) is 1. The topological polar surface area (TPSA) is 142 Å². The first kappa shape index (κ1) is 26.6. The van der Waals surface area contributed by atoms with Gasteiger partial charge in [0.2, 0.25) is 0 Å². The van der Waals surface area contributed by atoms with Crippen LogP contribution >= 0.6 is 0 Å². The summed E-state index contributed by atoms with van der Waals surface area (Å²) in [7, 11) is 0. The molecule has 4 aliphatic rings. The van der Waals surface area contributed by atoms with Gasteiger partial charge >= 0.3 is 6.16 Å². The summed E-state index contributed by atoms with van der Waals surface area (Å²) in [5.74, 6) is 0.460. The van der Waals surface area contributed by atoms with Crippen molar-refractivity contribution in [2.75, 3.05) is 19.8 Å². The first-order valence-corrected chi connectivity index (χ1v) is 13.1. The van der Waals surface area contributed by atoms with Gasteiger partial charge in [0.25, 0.3) is 5.09 Å². The maximum atomic E-state index is 13.1. The number of aliphatic hydroxyl groups excluding tert-OH is 1. The van der Waals surface area contributed by atoms with E-state index in [2.05, 4.69) is 18.7 Å². The molecule has 36 heavy (non-hydrogen) atoms. The average molecular weight is 508 g/mol. The molecule has 3 fully saturated rings. The lowest BCUT2D eigenvalue weighted by Gasteiger charge is -2.59. The number of ketones is 2. The van der Waals surface area contributed by atoms with Crippen molar-refractivity contribution in [3.63, 3.8) is 0 Å². The zero-order valence-electron chi connectivity index (χ0n) is 21.1. The molecule has 3 saturated carbocycles. The van der Waals surface area contributed by atoms with Gasteiger partial charge in [-0.05, 0) is 86.0 Å². The maximum absolute atomic E-state index is 13.1. The largest absolute Gasteiger partial charge is 0.508 e. The van der Waals surface area contributed by atoms with Crippen molar-refractivity contribution >= 4 is 17.7 Å². The molecule has 0 saturated heterocycles. The van der Waals surface area contributed by atoms with Gasteiger partial charge in [0.15, 0.2) is 18.2 Å². The first-order chi connectivity index (χ1) is 17.1. The number of hydrogen-bond acceptors (Lipinski definition) is 9. The SMILES string of the molecule is CC12CCC(=O)C=C1CCC1C2C(O)CC2(C)C(C(=O)COC(=O)OCCCCO[N+](=O)[O-])CCC12. The number of hydrogen-bond donors (Lipinski definition) is 1. The van der Waals surface area contributed by atoms with E-state index >= 15 is 0 Å². The number of unbranched alkanes of at least 4 members (excludes halogenated alkanes) is 1. The predicted molar refractivity (Wildman–Crippen MR) is 126 cm³/mol. The maximum Gasteiger partial charge on any atom is 0.508 e. The zero-order chi connectivity index (χ0) is 26.1. The smallest absolute Gasteiger partial charge is 0.434 e. The third-order valence-corrected chi connectivity index (χ3v) is 9.57. The van der Waals surface area contributed by atoms with E-state index in [1.54, 1.807) is 0 Å². The molecule has 1 N–H and O–H groups in total. The summed E-state index contributed by atoms with van der Waals surface area (Å²) in [5.41, 5.74) is 0.664. The molecule has 7 unspecified atom stereocenters. The highest BCUT2D eigenvalue weighted by Crippen LogP contribution is 2.66. The van der Waals surface area contributed by atoms with Gasteiger partial charge in [-0.3, -0.25) is 9.59 Å². The van der Waals surface area contributed by atoms with E-state index in [1.165, 1.54) is 5.57 Å². The molecule has 4 rings (SSSR count). The van der Waals surface area contributed by atoms with Crippen LogP contribution in [0, 0.1) is 44.6 Å². The number of Topliss-reactive ketones (excluding diaryl/α,β-unsaturated/α-hetero) is 1. The second kappa shape index (κ2) is 10.5. The van der Waals surface area contributed by atoms with Crippen LogP contribution in [-0.4, -0.2) is 53.8 Å². The van der Waals surface area contributed by atoms with E-state index in [0.717, 1.165) is 25.7 Å². The molecule has 7 atom stereocenters. The Kier molecular flexibility index (Phi) is 7.73. The minimum Gasteiger partial charge on any atom is -0.434 e. The molecule has 0 heterocycles. The molecule has 10 nitrogen and oxygen atoms in total. The van der Waals surface area contributed by atoms with Crippen molar-refractivity contribution in [3.8, 4) is 0 Å². The molecule has 0 bridgehead atoms. The van der Waals surface area contributed by atoms with Gasteiger partial charge in [0.05, 0.1) is 19.3 Å². The van der Waals surface area contributed by atoms with E-state index in [1.807, 2.05) is 6.08 Å². The van der Waals surface area contributed by atoms with E-state index in [9.17, 15) is 29.6 Å². The van der Waals surface area contributed by atoms with Gasteiger partial charge in [-0.15, -0.1) is 10.1 Å². The molecule has 10 heteroatoms. The van der Waals surface area contributed by atoms with Crippen LogP contribution < -0.4 is 0 Å². The first-order valence-electron chi connectivity index (χ1n) is 13.1. The third kappa shape index (κ3) is 5.01. The number of allylic oxidation sites excluding steroid dienone is 1. The molecule has 0 aromatic carbocycles. The lowest BCUT2D eigenvalue weighted by molar-refractivity contribution is -0.757. The molecule has 0 radical (unpaired) electrons. The number of fused-ring (bicyclic) bond motifs is 5. The second-order valence-electron chi connectivity index (χ2n) is 11.4. The van der Waals surface area contributed by atoms with Gasteiger partial charge in [-0.2, -0.15) is 0 Å².